The van der Waals surface area contributed by atoms with E-state index >= 15 is 0 Å². The second-order valence-corrected chi connectivity index (χ2v) is 13.0. The molecule has 2 saturated carbocycles. The van der Waals surface area contributed by atoms with Crippen molar-refractivity contribution in [1.82, 2.24) is 0 Å². The average molecular weight is 497 g/mol. The second kappa shape index (κ2) is 8.34. The third kappa shape index (κ3) is 3.47. The van der Waals surface area contributed by atoms with E-state index < -0.39 is 34.2 Å². The molecule has 0 aliphatic heterocycles. The number of rotatable bonds is 5. The van der Waals surface area contributed by atoms with Gasteiger partial charge in [0, 0.05) is 41.1 Å². The highest BCUT2D eigenvalue weighted by Gasteiger charge is 2.66. The van der Waals surface area contributed by atoms with E-state index in [9.17, 15) is 24.3 Å². The molecule has 0 amide bonds. The summed E-state index contributed by atoms with van der Waals surface area (Å²) in [5.41, 5.74) is 0.136. The number of fused-ring (bicyclic) bond motifs is 4. The number of carbonyl (C=O) groups excluding carboxylic acids is 3. The van der Waals surface area contributed by atoms with Crippen LogP contribution in [0.1, 0.15) is 80.6 Å². The Hall–Kier alpha value is -2.34. The number of ketones is 3. The van der Waals surface area contributed by atoms with Crippen LogP contribution in [0.15, 0.2) is 34.9 Å². The minimum atomic E-state index is -1.00. The van der Waals surface area contributed by atoms with Crippen LogP contribution in [0.3, 0.4) is 0 Å². The molecule has 6 heteroatoms. The first-order chi connectivity index (χ1) is 16.5. The van der Waals surface area contributed by atoms with E-state index in [0.717, 1.165) is 11.1 Å². The Labute approximate surface area is 213 Å². The van der Waals surface area contributed by atoms with Crippen LogP contribution in [0.4, 0.5) is 0 Å². The van der Waals surface area contributed by atoms with Crippen molar-refractivity contribution in [3.63, 3.8) is 0 Å². The number of carboxylic acid groups (broad SMARTS) is 1. The predicted octanol–water partition coefficient (Wildman–Crippen LogP) is 4.86. The number of hydrogen-bond acceptors (Lipinski definition) is 5. The summed E-state index contributed by atoms with van der Waals surface area (Å²) in [5.74, 6) is -2.04. The lowest BCUT2D eigenvalue weighted by molar-refractivity contribution is -0.143. The summed E-state index contributed by atoms with van der Waals surface area (Å²) in [5, 5.41) is 20.7. The minimum Gasteiger partial charge on any atom is -0.481 e. The van der Waals surface area contributed by atoms with Gasteiger partial charge in [-0.3, -0.25) is 19.2 Å². The summed E-state index contributed by atoms with van der Waals surface area (Å²) in [6.07, 6.45) is 6.75. The lowest BCUT2D eigenvalue weighted by atomic mass is 9.45. The third-order valence-corrected chi connectivity index (χ3v) is 10.7. The second-order valence-electron chi connectivity index (χ2n) is 13.0. The van der Waals surface area contributed by atoms with Crippen molar-refractivity contribution in [2.45, 2.75) is 86.7 Å². The molecular formula is C30H40O6. The Kier molecular flexibility index (Phi) is 6.19. The largest absolute Gasteiger partial charge is 0.481 e. The Morgan fingerprint density at radius 1 is 1.17 bits per heavy atom. The average Bonchev–Trinajstić information content (AvgIpc) is 2.99. The van der Waals surface area contributed by atoms with E-state index in [1.165, 1.54) is 13.0 Å². The van der Waals surface area contributed by atoms with Gasteiger partial charge in [0.1, 0.15) is 5.78 Å². The fourth-order valence-corrected chi connectivity index (χ4v) is 8.10. The molecule has 4 aliphatic rings. The summed E-state index contributed by atoms with van der Waals surface area (Å²) in [4.78, 5) is 50.4. The summed E-state index contributed by atoms with van der Waals surface area (Å²) in [6.45, 7) is 13.5. The van der Waals surface area contributed by atoms with Crippen LogP contribution in [0.5, 0.6) is 0 Å². The number of carboxylic acids is 1. The normalized spacial score (nSPS) is 40.4. The maximum atomic E-state index is 13.9. The van der Waals surface area contributed by atoms with E-state index in [2.05, 4.69) is 26.0 Å². The quantitative estimate of drug-likeness (QED) is 0.527. The summed E-state index contributed by atoms with van der Waals surface area (Å²) in [6, 6.07) is 0. The van der Waals surface area contributed by atoms with E-state index in [0.29, 0.717) is 31.3 Å². The van der Waals surface area contributed by atoms with E-state index in [-0.39, 0.29) is 41.0 Å². The van der Waals surface area contributed by atoms with Crippen LogP contribution >= 0.6 is 0 Å². The standard InChI is InChI=1S/C30H40O6/c1-16(12-18(31)13-17(2)26(35)36)20-14-24(34)30(7)25-19(8-11-29(20,30)6)28(5)10-9-23(33)27(3,4)22(28)15-21(25)32/h8,11-12,17,20,22,24,34H,9-10,13-15H2,1-7H3,(H,35,36)/b16-12+/t17-,20+,22-,24-,28+,29+,30-/m0/s1. The first-order valence-electron chi connectivity index (χ1n) is 13.1. The third-order valence-electron chi connectivity index (χ3n) is 10.7. The molecule has 2 N–H and O–H groups in total. The van der Waals surface area contributed by atoms with Crippen molar-refractivity contribution in [1.29, 1.82) is 0 Å². The molecule has 0 heterocycles. The SMILES string of the molecule is C/C(=C\C(=O)C[C@H](C)C(=O)O)[C@H]1C[C@H](O)[C@@]2(C)C3=C(C=C[C@]12C)[C@@]1(C)CCC(=O)C(C)(C)[C@@H]1CC3=O. The van der Waals surface area contributed by atoms with Crippen molar-refractivity contribution in [2.24, 2.45) is 39.4 Å². The van der Waals surface area contributed by atoms with E-state index in [1.807, 2.05) is 27.7 Å². The van der Waals surface area contributed by atoms with Crippen molar-refractivity contribution in [3.05, 3.63) is 34.9 Å². The molecular weight excluding hydrogens is 456 g/mol. The van der Waals surface area contributed by atoms with Gasteiger partial charge in [0.2, 0.25) is 0 Å². The molecule has 7 atom stereocenters. The van der Waals surface area contributed by atoms with E-state index in [4.69, 9.17) is 5.11 Å². The fourth-order valence-electron chi connectivity index (χ4n) is 8.10. The number of aliphatic hydroxyl groups excluding tert-OH is 1. The van der Waals surface area contributed by atoms with Crippen LogP contribution in [0.2, 0.25) is 0 Å². The lowest BCUT2D eigenvalue weighted by Gasteiger charge is -2.58. The van der Waals surface area contributed by atoms with Gasteiger partial charge in [-0.15, -0.1) is 0 Å². The Morgan fingerprint density at radius 3 is 2.42 bits per heavy atom. The molecule has 0 spiro atoms. The van der Waals surface area contributed by atoms with Gasteiger partial charge < -0.3 is 10.2 Å². The van der Waals surface area contributed by atoms with Crippen molar-refractivity contribution < 1.29 is 29.4 Å². The minimum absolute atomic E-state index is 0.0148. The van der Waals surface area contributed by atoms with Crippen LogP contribution in [0.25, 0.3) is 0 Å². The van der Waals surface area contributed by atoms with Gasteiger partial charge in [0.05, 0.1) is 12.0 Å². The summed E-state index contributed by atoms with van der Waals surface area (Å²) in [7, 11) is 0. The van der Waals surface area contributed by atoms with Gasteiger partial charge in [-0.05, 0) is 48.7 Å². The van der Waals surface area contributed by atoms with Crippen LogP contribution in [-0.2, 0) is 19.2 Å². The molecule has 0 saturated heterocycles. The molecule has 2 fully saturated rings. The number of hydrogen-bond donors (Lipinski definition) is 2. The molecule has 0 aromatic rings. The van der Waals surface area contributed by atoms with Gasteiger partial charge in [-0.25, -0.2) is 0 Å². The smallest absolute Gasteiger partial charge is 0.306 e. The highest BCUT2D eigenvalue weighted by Crippen LogP contribution is 2.69. The zero-order valence-corrected chi connectivity index (χ0v) is 22.6. The Bertz CT molecular complexity index is 1140. The first-order valence-corrected chi connectivity index (χ1v) is 13.1. The van der Waals surface area contributed by atoms with Gasteiger partial charge in [-0.1, -0.05) is 59.3 Å². The molecule has 4 aliphatic carbocycles. The Morgan fingerprint density at radius 2 is 1.81 bits per heavy atom. The molecule has 4 rings (SSSR count). The zero-order valence-electron chi connectivity index (χ0n) is 22.6. The number of Topliss-reactive ketones (excluding diaryl/α,β-unsaturated/α-hetero) is 2. The first kappa shape index (κ1) is 26.7. The van der Waals surface area contributed by atoms with Crippen LogP contribution in [0, 0.1) is 39.4 Å². The maximum Gasteiger partial charge on any atom is 0.306 e. The van der Waals surface area contributed by atoms with Gasteiger partial charge >= 0.3 is 5.97 Å². The molecule has 6 nitrogen and oxygen atoms in total. The molecule has 36 heavy (non-hydrogen) atoms. The molecule has 196 valence electrons. The van der Waals surface area contributed by atoms with Crippen molar-refractivity contribution >= 4 is 23.3 Å². The number of carbonyl (C=O) groups is 4. The molecule has 0 unspecified atom stereocenters. The summed E-state index contributed by atoms with van der Waals surface area (Å²) >= 11 is 0. The number of aliphatic carboxylic acids is 1. The Balaban J connectivity index is 1.76. The van der Waals surface area contributed by atoms with Gasteiger partial charge in [-0.2, -0.15) is 0 Å². The highest BCUT2D eigenvalue weighted by molar-refractivity contribution is 6.02. The van der Waals surface area contributed by atoms with Crippen molar-refractivity contribution in [2.75, 3.05) is 0 Å². The fraction of sp³-hybridized carbons (Fsp3) is 0.667. The van der Waals surface area contributed by atoms with Crippen molar-refractivity contribution in [3.8, 4) is 0 Å². The maximum absolute atomic E-state index is 13.9. The molecule has 0 bridgehead atoms. The van der Waals surface area contributed by atoms with Gasteiger partial charge in [0.15, 0.2) is 11.6 Å². The predicted molar refractivity (Wildman–Crippen MR) is 136 cm³/mol. The number of allylic oxidation sites excluding steroid dienone is 5. The molecule has 0 aromatic carbocycles. The molecule has 0 radical (unpaired) electrons. The van der Waals surface area contributed by atoms with E-state index in [1.54, 1.807) is 0 Å². The van der Waals surface area contributed by atoms with Crippen LogP contribution in [-0.4, -0.2) is 39.6 Å². The number of aliphatic hydroxyl groups is 1. The monoisotopic (exact) mass is 496 g/mol. The highest BCUT2D eigenvalue weighted by atomic mass is 16.4. The molecule has 0 aromatic heterocycles. The van der Waals surface area contributed by atoms with Crippen LogP contribution < -0.4 is 0 Å². The topological polar surface area (TPSA) is 109 Å². The zero-order chi connectivity index (χ0) is 27.0. The van der Waals surface area contributed by atoms with Gasteiger partial charge in [0.25, 0.3) is 0 Å². The summed E-state index contributed by atoms with van der Waals surface area (Å²) < 4.78 is 0. The lowest BCUT2D eigenvalue weighted by Crippen LogP contribution is -2.56.